The van der Waals surface area contributed by atoms with E-state index in [2.05, 4.69) is 64.6 Å². The third-order valence-electron chi connectivity index (χ3n) is 1.40. The molecule has 0 saturated heterocycles. The number of nitrogens with two attached hydrogens (primary N) is 2. The second-order valence-electron chi connectivity index (χ2n) is 2.68. The van der Waals surface area contributed by atoms with Crippen LogP contribution in [0.25, 0.3) is 0 Å². The first kappa shape index (κ1) is 18.8. The Kier molecular flexibility index (Phi) is 10.4. The van der Waals surface area contributed by atoms with Gasteiger partial charge in [0.05, 0.1) is 4.47 Å². The highest BCUT2D eigenvalue weighted by molar-refractivity contribution is 9.93. The van der Waals surface area contributed by atoms with Crippen LogP contribution in [0.15, 0.2) is 22.7 Å². The van der Waals surface area contributed by atoms with Crippen LogP contribution in [0.5, 0.6) is 0 Å². The van der Waals surface area contributed by atoms with E-state index in [1.54, 1.807) is 18.2 Å². The van der Waals surface area contributed by atoms with E-state index in [-0.39, 0.29) is 0 Å². The van der Waals surface area contributed by atoms with Gasteiger partial charge in [-0.3, -0.25) is 0 Å². The smallest absolute Gasteiger partial charge is 0.160 e. The van der Waals surface area contributed by atoms with Crippen molar-refractivity contribution in [2.24, 2.45) is 0 Å². The summed E-state index contributed by atoms with van der Waals surface area (Å²) in [4.78, 5) is 0. The summed E-state index contributed by atoms with van der Waals surface area (Å²) in [5.41, 5.74) is 10.5. The predicted octanol–water partition coefficient (Wildman–Crippen LogP) is 3.88. The van der Waals surface area contributed by atoms with E-state index in [0.29, 0.717) is 26.4 Å². The minimum atomic E-state index is 0.330. The van der Waals surface area contributed by atoms with Crippen LogP contribution in [0.1, 0.15) is 0 Å². The summed E-state index contributed by atoms with van der Waals surface area (Å²) in [5, 5.41) is 14.7. The van der Waals surface area contributed by atoms with Gasteiger partial charge in [-0.15, -0.1) is 20.4 Å². The monoisotopic (exact) mass is 494 g/mol. The molecule has 2 heterocycles. The Labute approximate surface area is 143 Å². The van der Waals surface area contributed by atoms with E-state index in [0.717, 1.165) is 0 Å². The van der Waals surface area contributed by atoms with Crippen LogP contribution in [0.4, 0.5) is 11.6 Å². The van der Waals surface area contributed by atoms with Crippen LogP contribution in [0.3, 0.4) is 0 Å². The minimum Gasteiger partial charge on any atom is -0.382 e. The third-order valence-corrected chi connectivity index (χ3v) is 2.42. The number of nitrogens with zero attached hydrogens (tertiary/aromatic N) is 4. The fourth-order valence-electron chi connectivity index (χ4n) is 0.683. The molecule has 0 aliphatic carbocycles. The summed E-state index contributed by atoms with van der Waals surface area (Å²) < 4.78 is 0.669. The van der Waals surface area contributed by atoms with Gasteiger partial charge in [0.25, 0.3) is 0 Å². The van der Waals surface area contributed by atoms with Crippen molar-refractivity contribution in [3.05, 3.63) is 33.0 Å². The molecule has 2 aromatic rings. The maximum absolute atomic E-state index is 5.46. The lowest BCUT2D eigenvalue weighted by Crippen LogP contribution is -1.93. The quantitative estimate of drug-likeness (QED) is 0.572. The van der Waals surface area contributed by atoms with Crippen molar-refractivity contribution in [2.45, 2.75) is 0 Å². The molecule has 6 nitrogen and oxygen atoms in total. The van der Waals surface area contributed by atoms with Crippen LogP contribution in [-0.2, 0) is 0 Å². The molecule has 0 aromatic carbocycles. The Balaban J connectivity index is 0.000000303. The van der Waals surface area contributed by atoms with Gasteiger partial charge in [-0.05, 0) is 34.1 Å². The summed E-state index contributed by atoms with van der Waals surface area (Å²) in [6, 6.07) is 4.77. The molecular weight excluding hydrogens is 491 g/mol. The van der Waals surface area contributed by atoms with E-state index in [1.807, 2.05) is 0 Å². The molecule has 11 heteroatoms. The Bertz CT molecular complexity index is 477. The van der Waals surface area contributed by atoms with Gasteiger partial charge < -0.3 is 11.5 Å². The first-order chi connectivity index (χ1) is 8.99. The normalized spacial score (nSPS) is 8.68. The molecule has 0 spiro atoms. The van der Waals surface area contributed by atoms with Crippen LogP contribution in [0, 0.1) is 0 Å². The van der Waals surface area contributed by atoms with Crippen molar-refractivity contribution >= 4 is 79.0 Å². The SMILES string of the molecule is BrBr.Nc1ccc(Cl)nn1.Nc1nnc(Cl)cc1Br. The largest absolute Gasteiger partial charge is 0.382 e. The van der Waals surface area contributed by atoms with Gasteiger partial charge in [-0.1, -0.05) is 23.2 Å². The highest BCUT2D eigenvalue weighted by Gasteiger charge is 1.96. The highest BCUT2D eigenvalue weighted by Crippen LogP contribution is 2.17. The van der Waals surface area contributed by atoms with Crippen LogP contribution < -0.4 is 11.5 Å². The minimum absolute atomic E-state index is 0.330. The number of rotatable bonds is 0. The van der Waals surface area contributed by atoms with Crippen LogP contribution >= 0.6 is 67.4 Å². The number of halogens is 5. The Morgan fingerprint density at radius 1 is 0.895 bits per heavy atom. The predicted molar refractivity (Wildman–Crippen MR) is 88.5 cm³/mol. The number of aromatic nitrogens is 4. The van der Waals surface area contributed by atoms with Crippen LogP contribution in [-0.4, -0.2) is 20.4 Å². The lowest BCUT2D eigenvalue weighted by molar-refractivity contribution is 1.04. The molecule has 104 valence electrons. The topological polar surface area (TPSA) is 104 Å². The van der Waals surface area contributed by atoms with Crippen molar-refractivity contribution in [3.63, 3.8) is 0 Å². The maximum atomic E-state index is 5.46. The van der Waals surface area contributed by atoms with Crippen molar-refractivity contribution in [2.75, 3.05) is 11.5 Å². The zero-order valence-electron chi connectivity index (χ0n) is 9.07. The molecule has 0 bridgehead atoms. The Morgan fingerprint density at radius 2 is 1.47 bits per heavy atom. The van der Waals surface area contributed by atoms with Gasteiger partial charge >= 0.3 is 0 Å². The Morgan fingerprint density at radius 3 is 1.84 bits per heavy atom. The number of hydrogen-bond donors (Lipinski definition) is 2. The maximum Gasteiger partial charge on any atom is 0.160 e. The van der Waals surface area contributed by atoms with Crippen molar-refractivity contribution < 1.29 is 0 Å². The number of nitrogen functional groups attached to an aromatic ring is 2. The van der Waals surface area contributed by atoms with E-state index in [1.165, 1.54) is 0 Å². The summed E-state index contributed by atoms with van der Waals surface area (Å²) in [5.74, 6) is 0.730. The van der Waals surface area contributed by atoms with Gasteiger partial charge in [-0.2, -0.15) is 0 Å². The molecule has 0 radical (unpaired) electrons. The van der Waals surface area contributed by atoms with Crippen LogP contribution in [0.2, 0.25) is 10.3 Å². The van der Waals surface area contributed by atoms with Gasteiger partial charge in [0.1, 0.15) is 5.82 Å². The summed E-state index contributed by atoms with van der Waals surface area (Å²) in [6.07, 6.45) is 0. The van der Waals surface area contributed by atoms with E-state index >= 15 is 0 Å². The van der Waals surface area contributed by atoms with Crippen molar-refractivity contribution in [1.82, 2.24) is 20.4 Å². The molecule has 2 aromatic heterocycles. The summed E-state index contributed by atoms with van der Waals surface area (Å²) in [7, 11) is 0. The molecule has 2 rings (SSSR count). The molecule has 4 N–H and O–H groups in total. The first-order valence-corrected chi connectivity index (χ1v) is 9.58. The van der Waals surface area contributed by atoms with E-state index in [4.69, 9.17) is 34.7 Å². The molecule has 0 fully saturated rings. The average Bonchev–Trinajstić information content (AvgIpc) is 2.41. The van der Waals surface area contributed by atoms with E-state index < -0.39 is 0 Å². The fraction of sp³-hybridized carbons (Fsp3) is 0. The molecule has 0 unspecified atom stereocenters. The van der Waals surface area contributed by atoms with Crippen molar-refractivity contribution in [3.8, 4) is 0 Å². The summed E-state index contributed by atoms with van der Waals surface area (Å²) >= 11 is 19.5. The third kappa shape index (κ3) is 8.53. The number of anilines is 2. The second-order valence-corrected chi connectivity index (χ2v) is 4.31. The fourth-order valence-corrected chi connectivity index (χ4v) is 1.36. The van der Waals surface area contributed by atoms with E-state index in [9.17, 15) is 0 Å². The molecule has 0 amide bonds. The highest BCUT2D eigenvalue weighted by atomic mass is 80.9. The lowest BCUT2D eigenvalue weighted by atomic mass is 10.5. The lowest BCUT2D eigenvalue weighted by Gasteiger charge is -1.92. The van der Waals surface area contributed by atoms with Crippen molar-refractivity contribution in [1.29, 1.82) is 0 Å². The zero-order chi connectivity index (χ0) is 14.8. The molecular formula is C8H7Br3Cl2N6. The molecule has 19 heavy (non-hydrogen) atoms. The van der Waals surface area contributed by atoms with Gasteiger partial charge in [0.2, 0.25) is 0 Å². The first-order valence-electron chi connectivity index (χ1n) is 4.32. The van der Waals surface area contributed by atoms with Gasteiger partial charge in [0.15, 0.2) is 16.1 Å². The molecule has 0 atom stereocenters. The number of hydrogen-bond acceptors (Lipinski definition) is 6. The van der Waals surface area contributed by atoms with Gasteiger partial charge in [-0.25, -0.2) is 0 Å². The van der Waals surface area contributed by atoms with Gasteiger partial charge in [0, 0.05) is 28.3 Å². The Hall–Kier alpha value is -0.220. The molecule has 0 aliphatic heterocycles. The average molecular weight is 498 g/mol. The molecule has 0 aliphatic rings. The second kappa shape index (κ2) is 10.6. The zero-order valence-corrected chi connectivity index (χ0v) is 15.3. The molecule has 0 saturated carbocycles. The standard InChI is InChI=1S/C4H3BrClN3.C4H4ClN3.Br2/c5-2-1-3(6)8-9-4(2)7;5-3-1-2-4(6)8-7-3;1-2/h1H,(H2,7,9);1-2H,(H2,6,8);. The summed E-state index contributed by atoms with van der Waals surface area (Å²) in [6.45, 7) is 0.